The SMILES string of the molecule is BrC1CC(Oc2ccccc2I)C12CCCCC2. The van der Waals surface area contributed by atoms with Gasteiger partial charge in [0.05, 0.1) is 3.57 Å². The zero-order valence-electron chi connectivity index (χ0n) is 10.4. The lowest BCUT2D eigenvalue weighted by atomic mass is 9.58. The van der Waals surface area contributed by atoms with Gasteiger partial charge in [0.1, 0.15) is 11.9 Å². The van der Waals surface area contributed by atoms with Crippen LogP contribution >= 0.6 is 38.5 Å². The summed E-state index contributed by atoms with van der Waals surface area (Å²) in [6.45, 7) is 0. The maximum absolute atomic E-state index is 6.31. The summed E-state index contributed by atoms with van der Waals surface area (Å²) in [5.41, 5.74) is 0.414. The van der Waals surface area contributed by atoms with Crippen molar-refractivity contribution in [1.82, 2.24) is 0 Å². The molecule has 1 aromatic carbocycles. The van der Waals surface area contributed by atoms with Crippen LogP contribution in [0.1, 0.15) is 38.5 Å². The van der Waals surface area contributed by atoms with Crippen LogP contribution in [0.5, 0.6) is 5.75 Å². The van der Waals surface area contributed by atoms with E-state index in [0.717, 1.165) is 12.2 Å². The Morgan fingerprint density at radius 3 is 2.56 bits per heavy atom. The molecule has 0 heterocycles. The Morgan fingerprint density at radius 2 is 1.89 bits per heavy atom. The van der Waals surface area contributed by atoms with Crippen LogP contribution in [-0.4, -0.2) is 10.9 Å². The first-order chi connectivity index (χ1) is 8.72. The molecule has 2 saturated carbocycles. The van der Waals surface area contributed by atoms with Crippen LogP contribution in [0.25, 0.3) is 0 Å². The van der Waals surface area contributed by atoms with Crippen LogP contribution in [0.15, 0.2) is 24.3 Å². The second-order valence-corrected chi connectivity index (χ2v) is 7.80. The highest BCUT2D eigenvalue weighted by atomic mass is 127. The Bertz CT molecular complexity index is 428. The van der Waals surface area contributed by atoms with E-state index in [-0.39, 0.29) is 0 Å². The molecule has 2 aliphatic carbocycles. The molecule has 0 aliphatic heterocycles. The molecule has 0 N–H and O–H groups in total. The smallest absolute Gasteiger partial charge is 0.133 e. The van der Waals surface area contributed by atoms with Crippen LogP contribution in [0, 0.1) is 8.99 Å². The zero-order chi connectivity index (χ0) is 12.6. The summed E-state index contributed by atoms with van der Waals surface area (Å²) < 4.78 is 7.53. The average molecular weight is 421 g/mol. The summed E-state index contributed by atoms with van der Waals surface area (Å²) in [6.07, 6.45) is 8.37. The number of hydrogen-bond acceptors (Lipinski definition) is 1. The van der Waals surface area contributed by atoms with E-state index in [1.165, 1.54) is 35.7 Å². The molecule has 0 amide bonds. The molecular formula is C15H18BrIO. The lowest BCUT2D eigenvalue weighted by molar-refractivity contribution is -0.0605. The average Bonchev–Trinajstić information content (AvgIpc) is 2.41. The van der Waals surface area contributed by atoms with Crippen molar-refractivity contribution in [2.45, 2.75) is 49.5 Å². The molecule has 0 saturated heterocycles. The molecule has 0 aromatic heterocycles. The van der Waals surface area contributed by atoms with Crippen molar-refractivity contribution in [3.63, 3.8) is 0 Å². The molecule has 3 heteroatoms. The predicted octanol–water partition coefficient (Wildman–Crippen LogP) is 5.16. The van der Waals surface area contributed by atoms with Gasteiger partial charge in [0.15, 0.2) is 0 Å². The highest BCUT2D eigenvalue weighted by Crippen LogP contribution is 2.56. The lowest BCUT2D eigenvalue weighted by Crippen LogP contribution is -2.57. The first-order valence-electron chi connectivity index (χ1n) is 6.78. The largest absolute Gasteiger partial charge is 0.489 e. The number of ether oxygens (including phenoxy) is 1. The zero-order valence-corrected chi connectivity index (χ0v) is 14.1. The molecule has 3 rings (SSSR count). The molecule has 98 valence electrons. The fourth-order valence-electron chi connectivity index (χ4n) is 3.40. The third-order valence-electron chi connectivity index (χ3n) is 4.58. The maximum atomic E-state index is 6.31. The topological polar surface area (TPSA) is 9.23 Å². The third-order valence-corrected chi connectivity index (χ3v) is 6.75. The van der Waals surface area contributed by atoms with Crippen molar-refractivity contribution >= 4 is 38.5 Å². The minimum atomic E-state index is 0.414. The fraction of sp³-hybridized carbons (Fsp3) is 0.600. The molecule has 2 fully saturated rings. The van der Waals surface area contributed by atoms with Crippen LogP contribution in [0.2, 0.25) is 0 Å². The number of para-hydroxylation sites is 1. The van der Waals surface area contributed by atoms with Crippen LogP contribution < -0.4 is 4.74 Å². The van der Waals surface area contributed by atoms with Gasteiger partial charge in [-0.3, -0.25) is 0 Å². The molecule has 2 unspecified atom stereocenters. The quantitative estimate of drug-likeness (QED) is 0.474. The third kappa shape index (κ3) is 2.21. The molecule has 0 bridgehead atoms. The number of halogens is 2. The van der Waals surface area contributed by atoms with Crippen molar-refractivity contribution in [3.05, 3.63) is 27.8 Å². The van der Waals surface area contributed by atoms with Crippen molar-refractivity contribution in [1.29, 1.82) is 0 Å². The highest BCUT2D eigenvalue weighted by molar-refractivity contribution is 14.1. The normalized spacial score (nSPS) is 29.9. The van der Waals surface area contributed by atoms with E-state index < -0.39 is 0 Å². The van der Waals surface area contributed by atoms with Crippen molar-refractivity contribution in [2.24, 2.45) is 5.41 Å². The van der Waals surface area contributed by atoms with E-state index in [2.05, 4.69) is 62.8 Å². The Balaban J connectivity index is 1.75. The van der Waals surface area contributed by atoms with Gasteiger partial charge in [-0.2, -0.15) is 0 Å². The number of rotatable bonds is 2. The van der Waals surface area contributed by atoms with E-state index in [1.54, 1.807) is 0 Å². The first-order valence-corrected chi connectivity index (χ1v) is 8.77. The molecule has 1 nitrogen and oxygen atoms in total. The van der Waals surface area contributed by atoms with E-state index in [1.807, 2.05) is 0 Å². The van der Waals surface area contributed by atoms with Gasteiger partial charge in [0.25, 0.3) is 0 Å². The van der Waals surface area contributed by atoms with E-state index >= 15 is 0 Å². The van der Waals surface area contributed by atoms with Crippen LogP contribution in [-0.2, 0) is 0 Å². The molecule has 2 aliphatic rings. The summed E-state index contributed by atoms with van der Waals surface area (Å²) in [5.74, 6) is 1.06. The Kier molecular flexibility index (Phi) is 3.90. The van der Waals surface area contributed by atoms with Crippen molar-refractivity contribution < 1.29 is 4.74 Å². The molecule has 0 radical (unpaired) electrons. The molecule has 18 heavy (non-hydrogen) atoms. The van der Waals surface area contributed by atoms with Gasteiger partial charge in [-0.05, 0) is 54.0 Å². The number of alkyl halides is 1. The van der Waals surface area contributed by atoms with Crippen LogP contribution in [0.4, 0.5) is 0 Å². The molecular weight excluding hydrogens is 403 g/mol. The van der Waals surface area contributed by atoms with E-state index in [0.29, 0.717) is 16.3 Å². The second kappa shape index (κ2) is 5.31. The van der Waals surface area contributed by atoms with Crippen molar-refractivity contribution in [3.8, 4) is 5.75 Å². The number of benzene rings is 1. The Labute approximate surface area is 131 Å². The van der Waals surface area contributed by atoms with Gasteiger partial charge in [-0.25, -0.2) is 0 Å². The maximum Gasteiger partial charge on any atom is 0.133 e. The Hall–Kier alpha value is 0.230. The van der Waals surface area contributed by atoms with Gasteiger partial charge in [0, 0.05) is 10.2 Å². The van der Waals surface area contributed by atoms with E-state index in [4.69, 9.17) is 4.74 Å². The monoisotopic (exact) mass is 420 g/mol. The summed E-state index contributed by atoms with van der Waals surface area (Å²) in [7, 11) is 0. The molecule has 1 aromatic rings. The summed E-state index contributed by atoms with van der Waals surface area (Å²) in [5, 5.41) is 0. The predicted molar refractivity (Wildman–Crippen MR) is 86.4 cm³/mol. The van der Waals surface area contributed by atoms with Crippen molar-refractivity contribution in [2.75, 3.05) is 0 Å². The van der Waals surface area contributed by atoms with Crippen LogP contribution in [0.3, 0.4) is 0 Å². The number of hydrogen-bond donors (Lipinski definition) is 0. The summed E-state index contributed by atoms with van der Waals surface area (Å²) >= 11 is 6.23. The summed E-state index contributed by atoms with van der Waals surface area (Å²) in [4.78, 5) is 0.664. The van der Waals surface area contributed by atoms with Gasteiger partial charge < -0.3 is 4.74 Å². The molecule has 1 spiro atoms. The standard InChI is InChI=1S/C15H18BrIO/c16-13-10-14(15(13)8-4-1-5-9-15)18-12-7-3-2-6-11(12)17/h2-3,6-7,13-14H,1,4-5,8-10H2. The fourth-order valence-corrected chi connectivity index (χ4v) is 5.01. The summed E-state index contributed by atoms with van der Waals surface area (Å²) in [6, 6.07) is 8.35. The lowest BCUT2D eigenvalue weighted by Gasteiger charge is -2.55. The first kappa shape index (κ1) is 13.2. The highest BCUT2D eigenvalue weighted by Gasteiger charge is 2.55. The van der Waals surface area contributed by atoms with Gasteiger partial charge >= 0.3 is 0 Å². The van der Waals surface area contributed by atoms with Gasteiger partial charge in [0.2, 0.25) is 0 Å². The molecule has 2 atom stereocenters. The minimum absolute atomic E-state index is 0.414. The van der Waals surface area contributed by atoms with Gasteiger partial charge in [-0.1, -0.05) is 47.3 Å². The second-order valence-electron chi connectivity index (χ2n) is 5.53. The van der Waals surface area contributed by atoms with Gasteiger partial charge in [-0.15, -0.1) is 0 Å². The Morgan fingerprint density at radius 1 is 1.17 bits per heavy atom. The van der Waals surface area contributed by atoms with E-state index in [9.17, 15) is 0 Å². The minimum Gasteiger partial charge on any atom is -0.489 e.